The predicted molar refractivity (Wildman–Crippen MR) is 168 cm³/mol. The zero-order chi connectivity index (χ0) is 33.3. The third kappa shape index (κ3) is 6.49. The maximum absolute atomic E-state index is 13.9. The van der Waals surface area contributed by atoms with Gasteiger partial charge in [0.1, 0.15) is 18.3 Å². The van der Waals surface area contributed by atoms with Gasteiger partial charge in [-0.15, -0.1) is 0 Å². The van der Waals surface area contributed by atoms with E-state index in [0.717, 1.165) is 12.8 Å². The average molecular weight is 705 g/mol. The first-order chi connectivity index (χ1) is 21.9. The lowest BCUT2D eigenvalue weighted by atomic mass is 9.83. The van der Waals surface area contributed by atoms with Crippen molar-refractivity contribution in [1.82, 2.24) is 4.90 Å². The summed E-state index contributed by atoms with van der Waals surface area (Å²) in [6.45, 7) is 2.32. The van der Waals surface area contributed by atoms with Crippen LogP contribution in [0.15, 0.2) is 59.1 Å². The lowest BCUT2D eigenvalue weighted by molar-refractivity contribution is -0.274. The lowest BCUT2D eigenvalue weighted by Crippen LogP contribution is -2.60. The number of likely N-dealkylation sites (tertiary alicyclic amines) is 1. The number of hydrogen-bond acceptors (Lipinski definition) is 10. The molecule has 0 radical (unpaired) electrons. The van der Waals surface area contributed by atoms with Crippen molar-refractivity contribution in [3.8, 4) is 0 Å². The molecule has 0 aliphatic carbocycles. The van der Waals surface area contributed by atoms with E-state index >= 15 is 0 Å². The van der Waals surface area contributed by atoms with Gasteiger partial charge in [-0.3, -0.25) is 14.4 Å². The van der Waals surface area contributed by atoms with Gasteiger partial charge in [0.15, 0.2) is 18.0 Å². The number of halogens is 1. The van der Waals surface area contributed by atoms with E-state index in [-0.39, 0.29) is 31.5 Å². The van der Waals surface area contributed by atoms with Crippen molar-refractivity contribution >= 4 is 45.0 Å². The normalized spacial score (nSPS) is 30.1. The van der Waals surface area contributed by atoms with E-state index in [0.29, 0.717) is 33.5 Å². The summed E-state index contributed by atoms with van der Waals surface area (Å²) in [5, 5.41) is 63.3. The van der Waals surface area contributed by atoms with Crippen molar-refractivity contribution < 1.29 is 49.8 Å². The summed E-state index contributed by atoms with van der Waals surface area (Å²) in [5.41, 5.74) is 0.0119. The molecule has 0 bridgehead atoms. The minimum absolute atomic E-state index is 0.0814. The van der Waals surface area contributed by atoms with Crippen LogP contribution in [0.5, 0.6) is 0 Å². The third-order valence-corrected chi connectivity index (χ3v) is 9.42. The van der Waals surface area contributed by atoms with Crippen molar-refractivity contribution in [3.05, 3.63) is 70.2 Å². The fraction of sp³-hybridized carbons (Fsp3) is 0.469. The summed E-state index contributed by atoms with van der Waals surface area (Å²) >= 11 is 3.43. The second-order valence-corrected chi connectivity index (χ2v) is 12.8. The quantitative estimate of drug-likeness (QED) is 0.180. The van der Waals surface area contributed by atoms with Gasteiger partial charge in [-0.1, -0.05) is 47.1 Å². The molecule has 2 saturated heterocycles. The predicted octanol–water partition coefficient (Wildman–Crippen LogP) is 0.488. The van der Waals surface area contributed by atoms with E-state index in [9.17, 15) is 45.0 Å². The van der Waals surface area contributed by atoms with Gasteiger partial charge in [0.2, 0.25) is 5.91 Å². The SMILES string of the molecule is C[C@H](/C=C/CC(=O)N1CCC[C@H]1CO)[C@@]1(O)C(=O)N(Cc2ccc(NC(=O)[C@H]3O[C@@H](O)[C@H](O)[C@@H](O)[C@@H]3O)cc2)c2ccc(Br)cc21. The molecule has 2 aromatic rings. The number of aliphatic hydroxyl groups excluding tert-OH is 5. The van der Waals surface area contributed by atoms with Crippen LogP contribution in [-0.4, -0.2) is 103 Å². The standard InChI is InChI=1S/C32H38BrN3O10/c1-17(4-2-6-24(38)35-13-3-5-21(35)16-37)32(45)22-14-19(33)9-12-23(22)36(31(32)44)15-18-7-10-20(11-8-18)34-29(42)28-26(40)25(39)27(41)30(43)46-28/h2,4,7-12,14,17,21,25-28,30,37,39-41,43,45H,3,5-6,13,15-16H2,1H3,(H,34,42)/b4-2+/t17-,21+,25+,26+,27-,28+,30-,32+/m1/s1. The summed E-state index contributed by atoms with van der Waals surface area (Å²) in [5.74, 6) is -2.19. The van der Waals surface area contributed by atoms with Gasteiger partial charge < -0.3 is 50.5 Å². The van der Waals surface area contributed by atoms with Crippen LogP contribution in [0.4, 0.5) is 11.4 Å². The molecule has 248 valence electrons. The number of benzene rings is 2. The molecular formula is C32H38BrN3O10. The number of amides is 3. The van der Waals surface area contributed by atoms with E-state index in [1.807, 2.05) is 0 Å². The highest BCUT2D eigenvalue weighted by molar-refractivity contribution is 9.10. The van der Waals surface area contributed by atoms with Crippen molar-refractivity contribution in [2.24, 2.45) is 5.92 Å². The third-order valence-electron chi connectivity index (χ3n) is 8.92. The molecule has 0 spiro atoms. The van der Waals surface area contributed by atoms with E-state index in [4.69, 9.17) is 4.74 Å². The van der Waals surface area contributed by atoms with Crippen LogP contribution in [0.25, 0.3) is 0 Å². The van der Waals surface area contributed by atoms with Gasteiger partial charge in [-0.2, -0.15) is 0 Å². The van der Waals surface area contributed by atoms with Crippen LogP contribution in [0.2, 0.25) is 0 Å². The number of carbonyl (C=O) groups excluding carboxylic acids is 3. The Bertz CT molecular complexity index is 1490. The fourth-order valence-electron chi connectivity index (χ4n) is 6.23. The maximum Gasteiger partial charge on any atom is 0.264 e. The van der Waals surface area contributed by atoms with E-state index < -0.39 is 54.0 Å². The van der Waals surface area contributed by atoms with Crippen LogP contribution in [0, 0.1) is 5.92 Å². The number of rotatable bonds is 9. The molecule has 3 aliphatic rings. The van der Waals surface area contributed by atoms with Gasteiger partial charge in [-0.05, 0) is 48.7 Å². The Morgan fingerprint density at radius 1 is 1.11 bits per heavy atom. The Morgan fingerprint density at radius 3 is 2.52 bits per heavy atom. The first kappa shape index (κ1) is 34.1. The molecule has 0 unspecified atom stereocenters. The van der Waals surface area contributed by atoms with Gasteiger partial charge in [0.05, 0.1) is 24.9 Å². The molecule has 7 N–H and O–H groups in total. The summed E-state index contributed by atoms with van der Waals surface area (Å²) in [6, 6.07) is 11.5. The number of anilines is 2. The number of aliphatic hydroxyl groups is 6. The first-order valence-electron chi connectivity index (χ1n) is 15.1. The van der Waals surface area contributed by atoms with Gasteiger partial charge >= 0.3 is 0 Å². The van der Waals surface area contributed by atoms with Crippen LogP contribution in [0.1, 0.15) is 37.3 Å². The van der Waals surface area contributed by atoms with E-state index in [1.165, 1.54) is 4.90 Å². The Labute approximate surface area is 273 Å². The van der Waals surface area contributed by atoms with E-state index in [1.54, 1.807) is 66.4 Å². The Morgan fingerprint density at radius 2 is 1.83 bits per heavy atom. The Hall–Kier alpha value is -3.21. The minimum Gasteiger partial charge on any atom is -0.394 e. The van der Waals surface area contributed by atoms with E-state index in [2.05, 4.69) is 21.2 Å². The highest BCUT2D eigenvalue weighted by Gasteiger charge is 2.52. The van der Waals surface area contributed by atoms with Gasteiger partial charge in [0.25, 0.3) is 11.8 Å². The Balaban J connectivity index is 1.27. The number of nitrogens with one attached hydrogen (secondary N) is 1. The summed E-state index contributed by atoms with van der Waals surface area (Å²) in [4.78, 5) is 42.4. The number of hydrogen-bond donors (Lipinski definition) is 7. The number of fused-ring (bicyclic) bond motifs is 1. The van der Waals surface area contributed by atoms with Crippen LogP contribution in [0.3, 0.4) is 0 Å². The molecule has 2 aromatic carbocycles. The van der Waals surface area contributed by atoms with Crippen molar-refractivity contribution in [2.45, 2.75) is 75.1 Å². The number of nitrogens with zero attached hydrogens (tertiary/aromatic N) is 2. The Kier molecular flexibility index (Phi) is 10.3. The largest absolute Gasteiger partial charge is 0.394 e. The molecule has 3 amide bonds. The number of ether oxygens (including phenoxy) is 1. The van der Waals surface area contributed by atoms with Crippen molar-refractivity contribution in [1.29, 1.82) is 0 Å². The average Bonchev–Trinajstić information content (AvgIpc) is 3.60. The molecule has 46 heavy (non-hydrogen) atoms. The molecule has 0 saturated carbocycles. The molecule has 2 fully saturated rings. The highest BCUT2D eigenvalue weighted by Crippen LogP contribution is 2.46. The number of carbonyl (C=O) groups is 3. The maximum atomic E-state index is 13.9. The lowest BCUT2D eigenvalue weighted by Gasteiger charge is -2.37. The van der Waals surface area contributed by atoms with Crippen molar-refractivity contribution in [3.63, 3.8) is 0 Å². The molecule has 13 nitrogen and oxygen atoms in total. The molecular weight excluding hydrogens is 666 g/mol. The molecule has 3 aliphatic heterocycles. The molecule has 5 rings (SSSR count). The fourth-order valence-corrected chi connectivity index (χ4v) is 6.59. The van der Waals surface area contributed by atoms with Crippen LogP contribution >= 0.6 is 15.9 Å². The minimum atomic E-state index is -1.91. The monoisotopic (exact) mass is 703 g/mol. The molecule has 3 heterocycles. The second-order valence-electron chi connectivity index (χ2n) is 11.9. The van der Waals surface area contributed by atoms with Gasteiger partial charge in [0, 0.05) is 34.6 Å². The highest BCUT2D eigenvalue weighted by atomic mass is 79.9. The van der Waals surface area contributed by atoms with Crippen molar-refractivity contribution in [2.75, 3.05) is 23.4 Å². The molecule has 8 atom stereocenters. The second kappa shape index (κ2) is 13.9. The molecule has 14 heteroatoms. The van der Waals surface area contributed by atoms with Crippen LogP contribution < -0.4 is 10.2 Å². The first-order valence-corrected chi connectivity index (χ1v) is 15.8. The zero-order valence-corrected chi connectivity index (χ0v) is 26.7. The topological polar surface area (TPSA) is 200 Å². The zero-order valence-electron chi connectivity index (χ0n) is 25.1. The summed E-state index contributed by atoms with van der Waals surface area (Å²) < 4.78 is 5.64. The smallest absolute Gasteiger partial charge is 0.264 e. The molecule has 0 aromatic heterocycles. The van der Waals surface area contributed by atoms with Crippen LogP contribution in [-0.2, 0) is 31.3 Å². The van der Waals surface area contributed by atoms with Gasteiger partial charge in [-0.25, -0.2) is 0 Å². The summed E-state index contributed by atoms with van der Waals surface area (Å²) in [6.07, 6.45) is -3.80. The summed E-state index contributed by atoms with van der Waals surface area (Å²) in [7, 11) is 0.